The second-order valence-corrected chi connectivity index (χ2v) is 9.84. The number of likely N-dealkylation sites (tertiary alicyclic amines) is 1. The van der Waals surface area contributed by atoms with Crippen molar-refractivity contribution in [3.05, 3.63) is 42.6 Å². The number of para-hydroxylation sites is 1. The van der Waals surface area contributed by atoms with Crippen LogP contribution in [0.3, 0.4) is 0 Å². The molecule has 0 spiro atoms. The summed E-state index contributed by atoms with van der Waals surface area (Å²) >= 11 is 0. The number of carbonyl (C=O) groups excluding carboxylic acids is 3. The largest absolute Gasteiger partial charge is 0.344 e. The van der Waals surface area contributed by atoms with E-state index in [1.54, 1.807) is 21.8 Å². The van der Waals surface area contributed by atoms with Gasteiger partial charge in [-0.15, -0.1) is 0 Å². The standard InChI is InChI=1S/C27H37N5O3/c1-3-19(2)25(33)30-24(20-11-6-4-7-12-20)27(35)31-18-10-15-22(31)26(34)29-23-16-17-28-32(23)21-13-8-5-9-14-21/h5,8-9,13-14,16-17,19-20,22,24H,3-4,6-7,10-12,15,18H2,1-2H3,(H,29,34)(H,30,33)/t19-,22+,24+/m1/s1. The first-order chi connectivity index (χ1) is 17.0. The van der Waals surface area contributed by atoms with Crippen LogP contribution in [0.2, 0.25) is 0 Å². The molecular formula is C27H37N5O3. The van der Waals surface area contributed by atoms with E-state index >= 15 is 0 Å². The van der Waals surface area contributed by atoms with Gasteiger partial charge < -0.3 is 15.5 Å². The van der Waals surface area contributed by atoms with E-state index < -0.39 is 12.1 Å². The van der Waals surface area contributed by atoms with Gasteiger partial charge >= 0.3 is 0 Å². The van der Waals surface area contributed by atoms with E-state index in [0.29, 0.717) is 18.8 Å². The summed E-state index contributed by atoms with van der Waals surface area (Å²) in [6.45, 7) is 4.39. The van der Waals surface area contributed by atoms with Gasteiger partial charge in [0, 0.05) is 18.5 Å². The van der Waals surface area contributed by atoms with Gasteiger partial charge in [-0.1, -0.05) is 51.3 Å². The molecule has 1 saturated carbocycles. The smallest absolute Gasteiger partial charge is 0.248 e. The van der Waals surface area contributed by atoms with Gasteiger partial charge in [-0.3, -0.25) is 14.4 Å². The van der Waals surface area contributed by atoms with Gasteiger partial charge in [0.05, 0.1) is 11.9 Å². The van der Waals surface area contributed by atoms with Crippen molar-refractivity contribution in [3.63, 3.8) is 0 Å². The molecular weight excluding hydrogens is 442 g/mol. The molecule has 8 heteroatoms. The number of hydrogen-bond donors (Lipinski definition) is 2. The number of anilines is 1. The first kappa shape index (κ1) is 24.9. The van der Waals surface area contributed by atoms with Gasteiger partial charge in [0.1, 0.15) is 17.9 Å². The SMILES string of the molecule is CC[C@@H](C)C(=O)N[C@H](C(=O)N1CCC[C@H]1C(=O)Nc1ccnn1-c1ccccc1)C1CCCCC1. The summed E-state index contributed by atoms with van der Waals surface area (Å²) in [6.07, 6.45) is 8.90. The maximum absolute atomic E-state index is 13.8. The number of amides is 3. The molecule has 1 aromatic heterocycles. The molecule has 1 saturated heterocycles. The number of hydrogen-bond acceptors (Lipinski definition) is 4. The lowest BCUT2D eigenvalue weighted by Gasteiger charge is -2.35. The van der Waals surface area contributed by atoms with Crippen LogP contribution in [0.1, 0.15) is 65.2 Å². The Morgan fingerprint density at radius 2 is 1.77 bits per heavy atom. The zero-order chi connectivity index (χ0) is 24.8. The maximum atomic E-state index is 13.8. The van der Waals surface area contributed by atoms with Crippen molar-refractivity contribution in [2.75, 3.05) is 11.9 Å². The number of benzene rings is 1. The average Bonchev–Trinajstić information content (AvgIpc) is 3.57. The highest BCUT2D eigenvalue weighted by Crippen LogP contribution is 2.30. The fourth-order valence-corrected chi connectivity index (χ4v) is 5.19. The third-order valence-electron chi connectivity index (χ3n) is 7.48. The Balaban J connectivity index is 1.50. The van der Waals surface area contributed by atoms with Crippen molar-refractivity contribution < 1.29 is 14.4 Å². The van der Waals surface area contributed by atoms with Crippen LogP contribution in [0.5, 0.6) is 0 Å². The van der Waals surface area contributed by atoms with Gasteiger partial charge in [0.15, 0.2) is 0 Å². The minimum Gasteiger partial charge on any atom is -0.344 e. The summed E-state index contributed by atoms with van der Waals surface area (Å²) < 4.78 is 1.68. The molecule has 3 amide bonds. The minimum absolute atomic E-state index is 0.0802. The molecule has 188 valence electrons. The monoisotopic (exact) mass is 479 g/mol. The first-order valence-corrected chi connectivity index (χ1v) is 13.0. The minimum atomic E-state index is -0.569. The Bertz CT molecular complexity index is 1010. The number of aromatic nitrogens is 2. The number of nitrogens with zero attached hydrogens (tertiary/aromatic N) is 3. The second-order valence-electron chi connectivity index (χ2n) is 9.84. The molecule has 2 aromatic rings. The molecule has 8 nitrogen and oxygen atoms in total. The van der Waals surface area contributed by atoms with Crippen LogP contribution in [-0.2, 0) is 14.4 Å². The van der Waals surface area contributed by atoms with Crippen LogP contribution in [0.25, 0.3) is 5.69 Å². The van der Waals surface area contributed by atoms with Crippen LogP contribution in [0.4, 0.5) is 5.82 Å². The maximum Gasteiger partial charge on any atom is 0.248 e. The van der Waals surface area contributed by atoms with Crippen LogP contribution in [0, 0.1) is 11.8 Å². The molecule has 1 aromatic carbocycles. The van der Waals surface area contributed by atoms with Crippen molar-refractivity contribution in [1.29, 1.82) is 0 Å². The van der Waals surface area contributed by atoms with Gasteiger partial charge in [-0.2, -0.15) is 5.10 Å². The molecule has 1 aliphatic heterocycles. The van der Waals surface area contributed by atoms with Gasteiger partial charge in [-0.05, 0) is 50.2 Å². The lowest BCUT2D eigenvalue weighted by Crippen LogP contribution is -2.56. The van der Waals surface area contributed by atoms with Gasteiger partial charge in [0.2, 0.25) is 17.7 Å². The highest BCUT2D eigenvalue weighted by atomic mass is 16.2. The predicted molar refractivity (Wildman–Crippen MR) is 135 cm³/mol. The van der Waals surface area contributed by atoms with Crippen LogP contribution in [0.15, 0.2) is 42.6 Å². The Morgan fingerprint density at radius 3 is 2.49 bits per heavy atom. The van der Waals surface area contributed by atoms with Crippen molar-refractivity contribution in [2.24, 2.45) is 11.8 Å². The molecule has 2 fully saturated rings. The highest BCUT2D eigenvalue weighted by molar-refractivity contribution is 5.98. The van der Waals surface area contributed by atoms with E-state index in [1.807, 2.05) is 44.2 Å². The normalized spacial score (nSPS) is 20.3. The molecule has 0 bridgehead atoms. The summed E-state index contributed by atoms with van der Waals surface area (Å²) in [6, 6.07) is 10.2. The van der Waals surface area contributed by atoms with E-state index in [2.05, 4.69) is 15.7 Å². The molecule has 0 radical (unpaired) electrons. The molecule has 2 heterocycles. The number of carbonyl (C=O) groups is 3. The zero-order valence-electron chi connectivity index (χ0n) is 20.8. The summed E-state index contributed by atoms with van der Waals surface area (Å²) in [7, 11) is 0. The lowest BCUT2D eigenvalue weighted by molar-refractivity contribution is -0.142. The predicted octanol–water partition coefficient (Wildman–Crippen LogP) is 3.91. The van der Waals surface area contributed by atoms with Crippen LogP contribution >= 0.6 is 0 Å². The van der Waals surface area contributed by atoms with Gasteiger partial charge in [-0.25, -0.2) is 4.68 Å². The number of nitrogens with one attached hydrogen (secondary N) is 2. The number of rotatable bonds is 8. The van der Waals surface area contributed by atoms with Crippen LogP contribution < -0.4 is 10.6 Å². The van der Waals surface area contributed by atoms with E-state index in [1.165, 1.54) is 6.42 Å². The summed E-state index contributed by atoms with van der Waals surface area (Å²) in [4.78, 5) is 41.6. The Morgan fingerprint density at radius 1 is 1.03 bits per heavy atom. The highest BCUT2D eigenvalue weighted by Gasteiger charge is 2.41. The Labute approximate surface area is 207 Å². The second kappa shape index (κ2) is 11.5. The van der Waals surface area contributed by atoms with E-state index in [-0.39, 0.29) is 29.6 Å². The fourth-order valence-electron chi connectivity index (χ4n) is 5.19. The quantitative estimate of drug-likeness (QED) is 0.600. The van der Waals surface area contributed by atoms with Crippen molar-refractivity contribution in [2.45, 2.75) is 77.3 Å². The summed E-state index contributed by atoms with van der Waals surface area (Å²) in [5.74, 6) is 0.114. The molecule has 1 aliphatic carbocycles. The lowest BCUT2D eigenvalue weighted by atomic mass is 9.83. The van der Waals surface area contributed by atoms with E-state index in [9.17, 15) is 14.4 Å². The zero-order valence-corrected chi connectivity index (χ0v) is 20.8. The molecule has 2 N–H and O–H groups in total. The Kier molecular flexibility index (Phi) is 8.21. The molecule has 3 atom stereocenters. The van der Waals surface area contributed by atoms with Crippen molar-refractivity contribution in [1.82, 2.24) is 20.0 Å². The fraction of sp³-hybridized carbons (Fsp3) is 0.556. The summed E-state index contributed by atoms with van der Waals surface area (Å²) in [5.41, 5.74) is 0.845. The molecule has 35 heavy (non-hydrogen) atoms. The van der Waals surface area contributed by atoms with E-state index in [0.717, 1.165) is 44.2 Å². The first-order valence-electron chi connectivity index (χ1n) is 13.0. The molecule has 2 aliphatic rings. The van der Waals surface area contributed by atoms with Gasteiger partial charge in [0.25, 0.3) is 0 Å². The third kappa shape index (κ3) is 5.74. The van der Waals surface area contributed by atoms with Crippen molar-refractivity contribution in [3.8, 4) is 5.69 Å². The third-order valence-corrected chi connectivity index (χ3v) is 7.48. The average molecular weight is 480 g/mol. The topological polar surface area (TPSA) is 96.3 Å². The Hall–Kier alpha value is -3.16. The van der Waals surface area contributed by atoms with Crippen LogP contribution in [-0.4, -0.2) is 51.0 Å². The van der Waals surface area contributed by atoms with E-state index in [4.69, 9.17) is 0 Å². The molecule has 0 unspecified atom stereocenters. The molecule has 4 rings (SSSR count). The summed E-state index contributed by atoms with van der Waals surface area (Å²) in [5, 5.41) is 10.4. The van der Waals surface area contributed by atoms with Crippen molar-refractivity contribution >= 4 is 23.5 Å².